The van der Waals surface area contributed by atoms with Gasteiger partial charge in [0, 0.05) is 38.2 Å². The predicted molar refractivity (Wildman–Crippen MR) is 558 cm³/mol. The van der Waals surface area contributed by atoms with Crippen molar-refractivity contribution in [1.82, 2.24) is 0 Å². The Morgan fingerprint density at radius 1 is 0.192 bits per heavy atom. The summed E-state index contributed by atoms with van der Waals surface area (Å²) in [4.78, 5) is 22.5. The Morgan fingerprint density at radius 3 is 1.02 bits per heavy atom. The van der Waals surface area contributed by atoms with E-state index < -0.39 is 0 Å². The van der Waals surface area contributed by atoms with Gasteiger partial charge in [0.05, 0.1) is 49.8 Å². The van der Waals surface area contributed by atoms with Crippen molar-refractivity contribution in [3.8, 4) is 40.2 Å². The first-order valence-corrected chi connectivity index (χ1v) is 45.1. The lowest BCUT2D eigenvalue weighted by molar-refractivity contribution is 0.111. The number of hydrogen-bond donors (Lipinski definition) is 0. The maximum atomic E-state index is 11.4. The number of carbonyl (C=O) groups is 2. The molecular weight excluding hydrogens is 1600 g/mol. The van der Waals surface area contributed by atoms with Gasteiger partial charge in [-0.25, -0.2) is 0 Å². The van der Waals surface area contributed by atoms with Crippen LogP contribution in [0.15, 0.2) is 285 Å². The van der Waals surface area contributed by atoms with Crippen molar-refractivity contribution in [1.29, 1.82) is 0 Å². The van der Waals surface area contributed by atoms with E-state index in [2.05, 4.69) is 378 Å². The number of carbonyl (C=O) groups excluding carboxylic acids is 2. The second-order valence-electron chi connectivity index (χ2n) is 41.4. The largest absolute Gasteiger partial charge is 0.497 e. The van der Waals surface area contributed by atoms with E-state index in [9.17, 15) is 9.59 Å². The van der Waals surface area contributed by atoms with Crippen LogP contribution in [0.3, 0.4) is 0 Å². The van der Waals surface area contributed by atoms with Crippen LogP contribution >= 0.6 is 0 Å². The second-order valence-corrected chi connectivity index (χ2v) is 41.4. The lowest BCUT2D eigenvalue weighted by Crippen LogP contribution is -2.15. The summed E-state index contributed by atoms with van der Waals surface area (Å²) < 4.78 is 37.7. The van der Waals surface area contributed by atoms with Crippen LogP contribution in [0.2, 0.25) is 0 Å². The fourth-order valence-corrected chi connectivity index (χ4v) is 16.6. The van der Waals surface area contributed by atoms with Gasteiger partial charge in [-0.3, -0.25) is 9.59 Å². The van der Waals surface area contributed by atoms with Crippen LogP contribution in [-0.2, 0) is 43.3 Å². The zero-order valence-corrected chi connectivity index (χ0v) is 83.5. The molecule has 130 heavy (non-hydrogen) atoms. The summed E-state index contributed by atoms with van der Waals surface area (Å²) in [5, 5.41) is 19.5. The molecule has 9 nitrogen and oxygen atoms in total. The smallest absolute Gasteiger partial charge is 0.150 e. The Balaban J connectivity index is 0.000000168. The summed E-state index contributed by atoms with van der Waals surface area (Å²) in [7, 11) is 11.8. The summed E-state index contributed by atoms with van der Waals surface area (Å²) >= 11 is 0. The fourth-order valence-electron chi connectivity index (χ4n) is 16.6. The number of fused-ring (bicyclic) bond motifs is 8. The van der Waals surface area contributed by atoms with Crippen molar-refractivity contribution in [3.05, 3.63) is 341 Å². The zero-order valence-electron chi connectivity index (χ0n) is 83.5. The average molecular weight is 1740 g/mol. The number of ether oxygens (including phenoxy) is 7. The van der Waals surface area contributed by atoms with Gasteiger partial charge in [0.2, 0.25) is 0 Å². The summed E-state index contributed by atoms with van der Waals surface area (Å²) in [6.45, 7) is 52.9. The molecular formula is C121H142O9. The molecule has 680 valence electrons. The molecule has 0 saturated carbocycles. The molecule has 16 aromatic carbocycles. The SMILES string of the molecule is CC(C)(C)c1c(C=O)ccc2ccccc12.CC(C)(C)c1ccc2ccccc2c1.CC(C)(C)c1cccc2ccccc12.COc1cc(C(C)(C)C)c(OC)c2ccccc12.COc1ccc(C(C)(C)C)c2ccccc12.COc1ccc2c(C(C)(C)C)c(C=O)cc(OC)c2c1.COc1ccc2c(C(C)(C)C)cccc2c1.COc1ccc2cc(C(C)(C)C)ccc2c1. The molecule has 0 atom stereocenters. The van der Waals surface area contributed by atoms with Crippen LogP contribution in [0.25, 0.3) is 86.2 Å². The van der Waals surface area contributed by atoms with E-state index in [0.29, 0.717) is 11.3 Å². The summed E-state index contributed by atoms with van der Waals surface area (Å²) in [6.07, 6.45) is 1.85. The highest BCUT2D eigenvalue weighted by molar-refractivity contribution is 6.00. The van der Waals surface area contributed by atoms with Gasteiger partial charge >= 0.3 is 0 Å². The minimum Gasteiger partial charge on any atom is -0.497 e. The molecule has 0 heterocycles. The van der Waals surface area contributed by atoms with Crippen LogP contribution in [0, 0.1) is 0 Å². The third kappa shape index (κ3) is 25.6. The first kappa shape index (κ1) is 101. The molecule has 16 rings (SSSR count). The van der Waals surface area contributed by atoms with E-state index in [4.69, 9.17) is 33.2 Å². The number of methoxy groups -OCH3 is 7. The van der Waals surface area contributed by atoms with E-state index in [1.54, 1.807) is 55.8 Å². The molecule has 0 aliphatic heterocycles. The van der Waals surface area contributed by atoms with E-state index in [1.807, 2.05) is 66.7 Å². The summed E-state index contributed by atoms with van der Waals surface area (Å²) in [5.41, 5.74) is 12.6. The normalized spacial score (nSPS) is 11.7. The van der Waals surface area contributed by atoms with Crippen LogP contribution in [-0.4, -0.2) is 62.3 Å². The molecule has 9 heteroatoms. The van der Waals surface area contributed by atoms with Crippen LogP contribution < -0.4 is 33.2 Å². The van der Waals surface area contributed by atoms with E-state index >= 15 is 0 Å². The molecule has 0 unspecified atom stereocenters. The monoisotopic (exact) mass is 1740 g/mol. The van der Waals surface area contributed by atoms with E-state index in [-0.39, 0.29) is 43.3 Å². The molecule has 0 amide bonds. The molecule has 0 bridgehead atoms. The minimum absolute atomic E-state index is 0.0165. The van der Waals surface area contributed by atoms with Crippen molar-refractivity contribution < 1.29 is 42.7 Å². The van der Waals surface area contributed by atoms with Gasteiger partial charge in [-0.1, -0.05) is 397 Å². The quantitative estimate of drug-likeness (QED) is 0.131. The average Bonchev–Trinajstić information content (AvgIpc) is 0.770. The van der Waals surface area contributed by atoms with Crippen molar-refractivity contribution in [2.45, 2.75) is 209 Å². The molecule has 16 aromatic rings. The topological polar surface area (TPSA) is 98.8 Å². The van der Waals surface area contributed by atoms with Crippen molar-refractivity contribution >= 4 is 98.8 Å². The third-order valence-electron chi connectivity index (χ3n) is 23.4. The molecule has 0 spiro atoms. The Kier molecular flexibility index (Phi) is 33.4. The lowest BCUT2D eigenvalue weighted by atomic mass is 9.80. The molecule has 0 N–H and O–H groups in total. The maximum Gasteiger partial charge on any atom is 0.150 e. The fraction of sp³-hybridized carbons (Fsp3) is 0.322. The summed E-state index contributed by atoms with van der Waals surface area (Å²) in [5.74, 6) is 6.08. The highest BCUT2D eigenvalue weighted by Crippen LogP contribution is 2.45. The highest BCUT2D eigenvalue weighted by atomic mass is 16.5. The molecule has 0 fully saturated rings. The van der Waals surface area contributed by atoms with Gasteiger partial charge in [-0.15, -0.1) is 0 Å². The summed E-state index contributed by atoms with van der Waals surface area (Å²) in [6, 6.07) is 98.5. The number of hydrogen-bond acceptors (Lipinski definition) is 9. The molecule has 0 aromatic heterocycles. The molecule has 0 aliphatic carbocycles. The molecule has 0 saturated heterocycles. The van der Waals surface area contributed by atoms with Crippen molar-refractivity contribution in [2.24, 2.45) is 0 Å². The first-order chi connectivity index (χ1) is 61.2. The van der Waals surface area contributed by atoms with Crippen LogP contribution in [0.4, 0.5) is 0 Å². The van der Waals surface area contributed by atoms with Gasteiger partial charge in [-0.2, -0.15) is 0 Å². The van der Waals surface area contributed by atoms with Gasteiger partial charge in [0.1, 0.15) is 46.5 Å². The van der Waals surface area contributed by atoms with Gasteiger partial charge < -0.3 is 33.2 Å². The Bertz CT molecular complexity index is 6530. The zero-order chi connectivity index (χ0) is 95.7. The van der Waals surface area contributed by atoms with Crippen LogP contribution in [0.1, 0.15) is 231 Å². The molecule has 0 aliphatic rings. The molecule has 0 radical (unpaired) electrons. The van der Waals surface area contributed by atoms with E-state index in [1.165, 1.54) is 98.0 Å². The van der Waals surface area contributed by atoms with Crippen LogP contribution in [0.5, 0.6) is 40.2 Å². The first-order valence-electron chi connectivity index (χ1n) is 45.1. The lowest BCUT2D eigenvalue weighted by Gasteiger charge is -2.24. The Hall–Kier alpha value is -12.5. The number of rotatable bonds is 9. The predicted octanol–water partition coefficient (Wildman–Crippen LogP) is 32.8. The van der Waals surface area contributed by atoms with Gasteiger partial charge in [0.25, 0.3) is 0 Å². The Morgan fingerprint density at radius 2 is 0.538 bits per heavy atom. The minimum atomic E-state index is -0.130. The number of benzene rings is 16. The van der Waals surface area contributed by atoms with E-state index in [0.717, 1.165) is 85.3 Å². The third-order valence-corrected chi connectivity index (χ3v) is 23.4. The highest BCUT2D eigenvalue weighted by Gasteiger charge is 2.27. The Labute approximate surface area is 776 Å². The van der Waals surface area contributed by atoms with Gasteiger partial charge in [0.15, 0.2) is 6.29 Å². The number of aldehydes is 2. The second kappa shape index (κ2) is 42.9. The van der Waals surface area contributed by atoms with Crippen molar-refractivity contribution in [2.75, 3.05) is 49.8 Å². The standard InChI is InChI=1S/C17H20O3.C16H20O2.3C15H18O.C15H16O.2C14H16/c1-17(2,3)16-11(10-18)8-15(20-5)14-9-12(19-4)6-7-13(14)16;1-16(2,3)13-10-14(17-4)11-8-6-7-9-12(11)15(13)18-5;1-15(2,3)13-7-5-12-10-14(16-4)8-6-11(12)9-13;1-15(2,3)14-7-5-6-11-10-12(16-4)8-9-13(11)14;1-15(2,3)13-9-10-14(16-4)12-8-6-5-7-11(12)13;1-15(2,3)14-12(10-16)9-8-11-6-4-5-7-13(11)14;1-14(2,3)13-10-6-8-11-7-4-5-9-12(11)13;1-14(2,3)13-9-8-11-6-4-5-7-12(11)10-13/h6-10H,1-5H3;6-10H,1-5H3;3*5-10H,1-4H3;4-10H,1-3H3;2*4-10H,1-3H3. The van der Waals surface area contributed by atoms with Crippen molar-refractivity contribution in [3.63, 3.8) is 0 Å². The van der Waals surface area contributed by atoms with Gasteiger partial charge in [-0.05, 0) is 201 Å². The maximum absolute atomic E-state index is 11.4.